The molecule has 0 aliphatic heterocycles. The van der Waals surface area contributed by atoms with Gasteiger partial charge in [-0.1, -0.05) is 60.7 Å². The van der Waals surface area contributed by atoms with E-state index in [-0.39, 0.29) is 0 Å². The fourth-order valence-corrected chi connectivity index (χ4v) is 7.71. The van der Waals surface area contributed by atoms with Gasteiger partial charge in [-0.15, -0.1) is 11.3 Å². The van der Waals surface area contributed by atoms with Crippen LogP contribution in [0, 0.1) is 0 Å². The molecule has 0 fully saturated rings. The van der Waals surface area contributed by atoms with Crippen molar-refractivity contribution in [2.45, 2.75) is 0 Å². The van der Waals surface area contributed by atoms with Crippen LogP contribution in [-0.4, -0.2) is 9.55 Å². The van der Waals surface area contributed by atoms with Gasteiger partial charge < -0.3 is 8.98 Å². The van der Waals surface area contributed by atoms with Gasteiger partial charge in [0.1, 0.15) is 16.2 Å². The maximum atomic E-state index is 6.51. The first-order valence-corrected chi connectivity index (χ1v) is 15.3. The van der Waals surface area contributed by atoms with Crippen LogP contribution in [0.1, 0.15) is 0 Å². The number of nitrogens with zero attached hydrogens (tertiary/aromatic N) is 2. The molecule has 10 rings (SSSR count). The highest BCUT2D eigenvalue weighted by molar-refractivity contribution is 7.21. The Kier molecular flexibility index (Phi) is 4.60. The maximum absolute atomic E-state index is 6.51. The van der Waals surface area contributed by atoms with Crippen LogP contribution < -0.4 is 0 Å². The molecule has 200 valence electrons. The highest BCUT2D eigenvalue weighted by atomic mass is 32.1. The molecule has 0 aliphatic carbocycles. The molecule has 3 aromatic heterocycles. The molecule has 43 heavy (non-hydrogen) atoms. The Morgan fingerprint density at radius 2 is 1.35 bits per heavy atom. The average Bonchev–Trinajstić information content (AvgIpc) is 3.75. The lowest BCUT2D eigenvalue weighted by atomic mass is 10.0. The van der Waals surface area contributed by atoms with Crippen molar-refractivity contribution in [1.82, 2.24) is 9.55 Å². The van der Waals surface area contributed by atoms with Crippen LogP contribution in [0.5, 0.6) is 0 Å². The molecule has 3 heterocycles. The molecular weight excluding hydrogens is 545 g/mol. The first-order valence-electron chi connectivity index (χ1n) is 14.5. The molecular formula is C39H22N2OS. The SMILES string of the molecule is c1ccc2cc3c(cc2c1)c1ccccc1n3-c1ccc2c(ccc3c4cc(-c5nc6ccccc6s5)ccc4oc23)c1. The van der Waals surface area contributed by atoms with Crippen LogP contribution in [0.3, 0.4) is 0 Å². The van der Waals surface area contributed by atoms with Gasteiger partial charge in [-0.3, -0.25) is 0 Å². The third-order valence-corrected chi connectivity index (χ3v) is 9.86. The van der Waals surface area contributed by atoms with Gasteiger partial charge >= 0.3 is 0 Å². The van der Waals surface area contributed by atoms with E-state index < -0.39 is 0 Å². The number of hydrogen-bond donors (Lipinski definition) is 0. The quantitative estimate of drug-likeness (QED) is 0.208. The molecule has 0 spiro atoms. The summed E-state index contributed by atoms with van der Waals surface area (Å²) < 4.78 is 10.1. The third-order valence-electron chi connectivity index (χ3n) is 8.77. The standard InChI is InChI=1S/C39H22N2OS/c1-2-8-24-22-35-31(20-23(24)7-1)29-9-3-5-11-34(29)41(35)27-15-17-28-25(19-27)13-16-30-32-21-26(14-18-36(32)42-38(28)30)39-40-33-10-4-6-12-37(33)43-39/h1-22H. The lowest BCUT2D eigenvalue weighted by Crippen LogP contribution is -1.94. The zero-order chi connectivity index (χ0) is 28.1. The van der Waals surface area contributed by atoms with Crippen LogP contribution in [-0.2, 0) is 0 Å². The Balaban J connectivity index is 1.17. The van der Waals surface area contributed by atoms with E-state index in [0.717, 1.165) is 54.5 Å². The van der Waals surface area contributed by atoms with E-state index >= 15 is 0 Å². The Morgan fingerprint density at radius 3 is 2.28 bits per heavy atom. The minimum absolute atomic E-state index is 0.894. The van der Waals surface area contributed by atoms with Crippen molar-refractivity contribution in [3.63, 3.8) is 0 Å². The molecule has 0 saturated carbocycles. The summed E-state index contributed by atoms with van der Waals surface area (Å²) in [6.07, 6.45) is 0. The number of aromatic nitrogens is 2. The van der Waals surface area contributed by atoms with Crippen molar-refractivity contribution in [2.75, 3.05) is 0 Å². The van der Waals surface area contributed by atoms with Gasteiger partial charge in [0.25, 0.3) is 0 Å². The van der Waals surface area contributed by atoms with E-state index in [9.17, 15) is 0 Å². The van der Waals surface area contributed by atoms with Crippen LogP contribution in [0.25, 0.3) is 91.8 Å². The summed E-state index contributed by atoms with van der Waals surface area (Å²) in [5.41, 5.74) is 7.54. The molecule has 0 aliphatic rings. The van der Waals surface area contributed by atoms with Crippen molar-refractivity contribution in [1.29, 1.82) is 0 Å². The number of para-hydroxylation sites is 2. The minimum Gasteiger partial charge on any atom is -0.455 e. The summed E-state index contributed by atoms with van der Waals surface area (Å²) >= 11 is 1.73. The zero-order valence-electron chi connectivity index (χ0n) is 22.9. The molecule has 0 saturated heterocycles. The molecule has 0 unspecified atom stereocenters. The molecule has 4 heteroatoms. The van der Waals surface area contributed by atoms with Gasteiger partial charge in [-0.25, -0.2) is 4.98 Å². The van der Waals surface area contributed by atoms with Gasteiger partial charge in [0, 0.05) is 38.2 Å². The van der Waals surface area contributed by atoms with Crippen LogP contribution >= 0.6 is 11.3 Å². The largest absolute Gasteiger partial charge is 0.455 e. The Morgan fingerprint density at radius 1 is 0.535 bits per heavy atom. The summed E-state index contributed by atoms with van der Waals surface area (Å²) in [4.78, 5) is 4.88. The first-order chi connectivity index (χ1) is 21.3. The normalized spacial score (nSPS) is 12.2. The second-order valence-corrected chi connectivity index (χ2v) is 12.2. The molecule has 3 nitrogen and oxygen atoms in total. The Labute approximate surface area is 249 Å². The number of hydrogen-bond acceptors (Lipinski definition) is 3. The Hall–Kier alpha value is -5.45. The summed E-state index contributed by atoms with van der Waals surface area (Å²) in [5, 5.41) is 10.6. The summed E-state index contributed by atoms with van der Waals surface area (Å²) in [6, 6.07) is 47.8. The number of furan rings is 1. The fourth-order valence-electron chi connectivity index (χ4n) is 6.75. The van der Waals surface area contributed by atoms with E-state index in [0.29, 0.717) is 0 Å². The van der Waals surface area contributed by atoms with Crippen LogP contribution in [0.15, 0.2) is 138 Å². The number of benzene rings is 7. The van der Waals surface area contributed by atoms with E-state index in [2.05, 4.69) is 132 Å². The summed E-state index contributed by atoms with van der Waals surface area (Å²) in [6.45, 7) is 0. The highest BCUT2D eigenvalue weighted by Gasteiger charge is 2.16. The Bertz CT molecular complexity index is 2710. The van der Waals surface area contributed by atoms with E-state index in [1.54, 1.807) is 11.3 Å². The molecule has 0 radical (unpaired) electrons. The number of rotatable bonds is 2. The van der Waals surface area contributed by atoms with Gasteiger partial charge in [0.2, 0.25) is 0 Å². The minimum atomic E-state index is 0.894. The van der Waals surface area contributed by atoms with Crippen molar-refractivity contribution in [3.05, 3.63) is 133 Å². The maximum Gasteiger partial charge on any atom is 0.143 e. The lowest BCUT2D eigenvalue weighted by molar-refractivity contribution is 0.672. The lowest BCUT2D eigenvalue weighted by Gasteiger charge is -2.10. The first kappa shape index (κ1) is 23.1. The molecule has 0 amide bonds. The zero-order valence-corrected chi connectivity index (χ0v) is 23.7. The van der Waals surface area contributed by atoms with E-state index in [1.807, 2.05) is 6.07 Å². The molecule has 0 bridgehead atoms. The van der Waals surface area contributed by atoms with Crippen molar-refractivity contribution >= 4 is 86.8 Å². The predicted molar refractivity (Wildman–Crippen MR) is 182 cm³/mol. The van der Waals surface area contributed by atoms with Crippen LogP contribution in [0.4, 0.5) is 0 Å². The van der Waals surface area contributed by atoms with Gasteiger partial charge in [-0.05, 0) is 89.0 Å². The van der Waals surface area contributed by atoms with Crippen molar-refractivity contribution in [3.8, 4) is 16.3 Å². The second kappa shape index (κ2) is 8.54. The topological polar surface area (TPSA) is 31.0 Å². The smallest absolute Gasteiger partial charge is 0.143 e. The summed E-state index contributed by atoms with van der Waals surface area (Å²) in [7, 11) is 0. The van der Waals surface area contributed by atoms with E-state index in [4.69, 9.17) is 9.40 Å². The number of fused-ring (bicyclic) bond motifs is 10. The van der Waals surface area contributed by atoms with Gasteiger partial charge in [0.15, 0.2) is 0 Å². The fraction of sp³-hybridized carbons (Fsp3) is 0. The predicted octanol–water partition coefficient (Wildman–Crippen LogP) is 11.3. The van der Waals surface area contributed by atoms with Gasteiger partial charge in [0.05, 0.1) is 21.3 Å². The summed E-state index contributed by atoms with van der Waals surface area (Å²) in [5.74, 6) is 0. The molecule has 10 aromatic rings. The monoisotopic (exact) mass is 566 g/mol. The highest BCUT2D eigenvalue weighted by Crippen LogP contribution is 2.40. The molecule has 0 N–H and O–H groups in total. The van der Waals surface area contributed by atoms with E-state index in [1.165, 1.54) is 37.3 Å². The van der Waals surface area contributed by atoms with Crippen molar-refractivity contribution < 1.29 is 4.42 Å². The molecule has 0 atom stereocenters. The van der Waals surface area contributed by atoms with Crippen molar-refractivity contribution in [2.24, 2.45) is 0 Å². The second-order valence-electron chi connectivity index (χ2n) is 11.2. The third kappa shape index (κ3) is 3.33. The van der Waals surface area contributed by atoms with Crippen LogP contribution in [0.2, 0.25) is 0 Å². The average molecular weight is 567 g/mol. The van der Waals surface area contributed by atoms with Gasteiger partial charge in [-0.2, -0.15) is 0 Å². The number of thiazole rings is 1. The molecule has 7 aromatic carbocycles.